The molecule has 0 aromatic carbocycles. The molecule has 0 saturated heterocycles. The number of rotatable bonds is 3. The minimum Gasteiger partial charge on any atom is -0.379 e. The summed E-state index contributed by atoms with van der Waals surface area (Å²) in [5.41, 5.74) is 2.25. The van der Waals surface area contributed by atoms with Crippen molar-refractivity contribution in [2.45, 2.75) is 34.6 Å². The van der Waals surface area contributed by atoms with E-state index in [1.165, 1.54) is 0 Å². The molecule has 0 spiro atoms. The SMILES string of the molecule is C/C=C(\N=C(C)COC)C(C)(C)C. The van der Waals surface area contributed by atoms with E-state index in [-0.39, 0.29) is 5.41 Å². The fourth-order valence-electron chi connectivity index (χ4n) is 1.11. The van der Waals surface area contributed by atoms with Crippen LogP contribution in [-0.4, -0.2) is 19.4 Å². The van der Waals surface area contributed by atoms with Crippen LogP contribution in [0.5, 0.6) is 0 Å². The lowest BCUT2D eigenvalue weighted by molar-refractivity contribution is 0.244. The van der Waals surface area contributed by atoms with Crippen molar-refractivity contribution < 1.29 is 4.74 Å². The van der Waals surface area contributed by atoms with Crippen LogP contribution >= 0.6 is 0 Å². The Balaban J connectivity index is 4.56. The number of aliphatic imine (C=N–C) groups is 1. The number of nitrogens with zero attached hydrogens (tertiary/aromatic N) is 1. The van der Waals surface area contributed by atoms with Gasteiger partial charge in [-0.1, -0.05) is 26.8 Å². The highest BCUT2D eigenvalue weighted by Gasteiger charge is 2.15. The molecule has 0 fully saturated rings. The van der Waals surface area contributed by atoms with Crippen molar-refractivity contribution in [2.75, 3.05) is 13.7 Å². The van der Waals surface area contributed by atoms with Crippen LogP contribution in [0.25, 0.3) is 0 Å². The average molecular weight is 183 g/mol. The van der Waals surface area contributed by atoms with Crippen molar-refractivity contribution in [3.63, 3.8) is 0 Å². The van der Waals surface area contributed by atoms with Gasteiger partial charge in [-0.3, -0.25) is 4.99 Å². The topological polar surface area (TPSA) is 21.6 Å². The van der Waals surface area contributed by atoms with Crippen molar-refractivity contribution in [1.82, 2.24) is 0 Å². The third kappa shape index (κ3) is 4.83. The second-order valence-electron chi connectivity index (χ2n) is 4.20. The van der Waals surface area contributed by atoms with E-state index in [0.717, 1.165) is 11.4 Å². The Morgan fingerprint density at radius 1 is 1.38 bits per heavy atom. The van der Waals surface area contributed by atoms with E-state index in [1.807, 2.05) is 13.8 Å². The van der Waals surface area contributed by atoms with Crippen molar-refractivity contribution in [1.29, 1.82) is 0 Å². The number of methoxy groups -OCH3 is 1. The summed E-state index contributed by atoms with van der Waals surface area (Å²) >= 11 is 0. The minimum atomic E-state index is 0.115. The first-order valence-electron chi connectivity index (χ1n) is 4.61. The van der Waals surface area contributed by atoms with Gasteiger partial charge < -0.3 is 4.74 Å². The van der Waals surface area contributed by atoms with E-state index in [9.17, 15) is 0 Å². The molecule has 0 rings (SSSR count). The Labute approximate surface area is 81.7 Å². The van der Waals surface area contributed by atoms with Gasteiger partial charge in [-0.05, 0) is 13.8 Å². The summed E-state index contributed by atoms with van der Waals surface area (Å²) in [4.78, 5) is 4.51. The third-order valence-electron chi connectivity index (χ3n) is 1.71. The molecule has 0 aliphatic heterocycles. The lowest BCUT2D eigenvalue weighted by atomic mass is 9.92. The predicted octanol–water partition coefficient (Wildman–Crippen LogP) is 3.04. The van der Waals surface area contributed by atoms with Crippen LogP contribution in [0.3, 0.4) is 0 Å². The quantitative estimate of drug-likeness (QED) is 0.616. The molecule has 0 N–H and O–H groups in total. The third-order valence-corrected chi connectivity index (χ3v) is 1.71. The van der Waals surface area contributed by atoms with Crippen LogP contribution in [0.2, 0.25) is 0 Å². The van der Waals surface area contributed by atoms with E-state index >= 15 is 0 Å². The molecule has 0 unspecified atom stereocenters. The monoisotopic (exact) mass is 183 g/mol. The number of ether oxygens (including phenoxy) is 1. The fourth-order valence-corrected chi connectivity index (χ4v) is 1.11. The normalized spacial score (nSPS) is 14.9. The summed E-state index contributed by atoms with van der Waals surface area (Å²) in [5.74, 6) is 0. The molecule has 0 amide bonds. The van der Waals surface area contributed by atoms with Crippen molar-refractivity contribution in [3.05, 3.63) is 11.8 Å². The molecular weight excluding hydrogens is 162 g/mol. The van der Waals surface area contributed by atoms with Gasteiger partial charge >= 0.3 is 0 Å². The molecule has 76 valence electrons. The summed E-state index contributed by atoms with van der Waals surface area (Å²) in [6.45, 7) is 11.1. The molecule has 0 aliphatic carbocycles. The van der Waals surface area contributed by atoms with Gasteiger partial charge in [0.05, 0.1) is 6.61 Å². The second kappa shape index (κ2) is 5.18. The summed E-state index contributed by atoms with van der Waals surface area (Å²) in [6, 6.07) is 0. The molecule has 0 saturated carbocycles. The van der Waals surface area contributed by atoms with Crippen LogP contribution < -0.4 is 0 Å². The number of hydrogen-bond donors (Lipinski definition) is 0. The maximum Gasteiger partial charge on any atom is 0.0842 e. The zero-order chi connectivity index (χ0) is 10.5. The van der Waals surface area contributed by atoms with Gasteiger partial charge in [-0.15, -0.1) is 0 Å². The van der Waals surface area contributed by atoms with Gasteiger partial charge in [0.1, 0.15) is 0 Å². The van der Waals surface area contributed by atoms with Gasteiger partial charge in [0.25, 0.3) is 0 Å². The Hall–Kier alpha value is -0.630. The molecule has 13 heavy (non-hydrogen) atoms. The van der Waals surface area contributed by atoms with Crippen LogP contribution in [0.15, 0.2) is 16.8 Å². The smallest absolute Gasteiger partial charge is 0.0842 e. The highest BCUT2D eigenvalue weighted by Crippen LogP contribution is 2.25. The molecule has 2 heteroatoms. The molecule has 0 aromatic rings. The molecule has 0 aromatic heterocycles. The molecular formula is C11H21NO. The lowest BCUT2D eigenvalue weighted by Crippen LogP contribution is -2.11. The summed E-state index contributed by atoms with van der Waals surface area (Å²) in [5, 5.41) is 0. The summed E-state index contributed by atoms with van der Waals surface area (Å²) < 4.78 is 5.00. The van der Waals surface area contributed by atoms with Crippen molar-refractivity contribution in [2.24, 2.45) is 10.4 Å². The Morgan fingerprint density at radius 3 is 2.23 bits per heavy atom. The second-order valence-corrected chi connectivity index (χ2v) is 4.20. The van der Waals surface area contributed by atoms with Gasteiger partial charge in [0, 0.05) is 23.9 Å². The maximum absolute atomic E-state index is 5.00. The number of allylic oxidation sites excluding steroid dienone is 2. The first-order valence-corrected chi connectivity index (χ1v) is 4.61. The van der Waals surface area contributed by atoms with E-state index in [2.05, 4.69) is 31.8 Å². The zero-order valence-corrected chi connectivity index (χ0v) is 9.64. The van der Waals surface area contributed by atoms with Gasteiger partial charge in [0.15, 0.2) is 0 Å². The fraction of sp³-hybridized carbons (Fsp3) is 0.727. The van der Waals surface area contributed by atoms with Crippen LogP contribution in [-0.2, 0) is 4.74 Å². The van der Waals surface area contributed by atoms with Crippen LogP contribution in [0.4, 0.5) is 0 Å². The zero-order valence-electron chi connectivity index (χ0n) is 9.64. The van der Waals surface area contributed by atoms with E-state index in [1.54, 1.807) is 7.11 Å². The van der Waals surface area contributed by atoms with Crippen molar-refractivity contribution in [3.8, 4) is 0 Å². The van der Waals surface area contributed by atoms with E-state index in [0.29, 0.717) is 6.61 Å². The first kappa shape index (κ1) is 12.4. The maximum atomic E-state index is 5.00. The lowest BCUT2D eigenvalue weighted by Gasteiger charge is -2.19. The summed E-state index contributed by atoms with van der Waals surface area (Å²) in [6.07, 6.45) is 2.05. The molecule has 0 bridgehead atoms. The predicted molar refractivity (Wildman–Crippen MR) is 58.2 cm³/mol. The Bertz CT molecular complexity index is 209. The molecule has 2 nitrogen and oxygen atoms in total. The van der Waals surface area contributed by atoms with Gasteiger partial charge in [-0.25, -0.2) is 0 Å². The minimum absolute atomic E-state index is 0.115. The summed E-state index contributed by atoms with van der Waals surface area (Å²) in [7, 11) is 1.69. The van der Waals surface area contributed by atoms with E-state index in [4.69, 9.17) is 4.74 Å². The van der Waals surface area contributed by atoms with Gasteiger partial charge in [-0.2, -0.15) is 0 Å². The Kier molecular flexibility index (Phi) is 4.92. The average Bonchev–Trinajstić information content (AvgIpc) is 1.98. The molecule has 0 atom stereocenters. The first-order chi connectivity index (χ1) is 5.91. The van der Waals surface area contributed by atoms with Crippen LogP contribution in [0.1, 0.15) is 34.6 Å². The van der Waals surface area contributed by atoms with Crippen molar-refractivity contribution >= 4 is 5.71 Å². The van der Waals surface area contributed by atoms with Gasteiger partial charge in [0.2, 0.25) is 0 Å². The molecule has 0 radical (unpaired) electrons. The number of hydrogen-bond acceptors (Lipinski definition) is 2. The molecule has 0 heterocycles. The van der Waals surface area contributed by atoms with E-state index < -0.39 is 0 Å². The largest absolute Gasteiger partial charge is 0.379 e. The highest BCUT2D eigenvalue weighted by atomic mass is 16.5. The molecule has 0 aliphatic rings. The standard InChI is InChI=1S/C11H21NO/c1-7-10(11(3,4)5)12-9(2)8-13-6/h7H,8H2,1-6H3/b10-7-,12-9?. The highest BCUT2D eigenvalue weighted by molar-refractivity contribution is 5.84. The van der Waals surface area contributed by atoms with Crippen LogP contribution in [0, 0.1) is 5.41 Å². The Morgan fingerprint density at radius 2 is 1.92 bits per heavy atom.